The van der Waals surface area contributed by atoms with Crippen LogP contribution >= 0.6 is 0 Å². The summed E-state index contributed by atoms with van der Waals surface area (Å²) in [5.41, 5.74) is 10.5. The van der Waals surface area contributed by atoms with Crippen LogP contribution in [0.15, 0.2) is 36.5 Å². The molecule has 0 amide bonds. The fraction of sp³-hybridized carbons (Fsp3) is 0.312. The maximum atomic E-state index is 5.65. The van der Waals surface area contributed by atoms with Crippen molar-refractivity contribution in [2.75, 3.05) is 6.54 Å². The molecule has 3 aromatic rings. The number of aryl methyl sites for hydroxylation is 2. The van der Waals surface area contributed by atoms with E-state index in [1.54, 1.807) is 0 Å². The Hall–Kier alpha value is -2.07. The molecule has 0 saturated heterocycles. The van der Waals surface area contributed by atoms with Gasteiger partial charge in [0.05, 0.1) is 17.9 Å². The summed E-state index contributed by atoms with van der Waals surface area (Å²) < 4.78 is 4.22. The molecule has 0 aliphatic carbocycles. The van der Waals surface area contributed by atoms with E-state index in [9.17, 15) is 0 Å². The molecule has 0 radical (unpaired) electrons. The highest BCUT2D eigenvalue weighted by Crippen LogP contribution is 2.19. The lowest BCUT2D eigenvalue weighted by Gasteiger charge is -2.07. The third-order valence-electron chi connectivity index (χ3n) is 3.70. The number of aromatic nitrogens is 3. The Balaban J connectivity index is 1.98. The molecule has 4 heteroatoms. The van der Waals surface area contributed by atoms with Crippen LogP contribution in [0.5, 0.6) is 0 Å². The van der Waals surface area contributed by atoms with Crippen LogP contribution in [0.1, 0.15) is 17.0 Å². The van der Waals surface area contributed by atoms with E-state index in [1.807, 2.05) is 18.7 Å². The molecule has 4 nitrogen and oxygen atoms in total. The smallest absolute Gasteiger partial charge is 0.0645 e. The Morgan fingerprint density at radius 1 is 1.20 bits per heavy atom. The molecule has 0 fully saturated rings. The zero-order valence-corrected chi connectivity index (χ0v) is 12.0. The fourth-order valence-corrected chi connectivity index (χ4v) is 2.68. The molecular weight excluding hydrogens is 248 g/mol. The zero-order chi connectivity index (χ0) is 14.1. The molecule has 104 valence electrons. The molecule has 0 aliphatic rings. The van der Waals surface area contributed by atoms with E-state index in [-0.39, 0.29) is 0 Å². The Bertz CT molecular complexity index is 736. The van der Waals surface area contributed by atoms with Crippen LogP contribution in [0.2, 0.25) is 0 Å². The summed E-state index contributed by atoms with van der Waals surface area (Å²) in [7, 11) is 1.99. The topological polar surface area (TPSA) is 48.8 Å². The Morgan fingerprint density at radius 3 is 2.75 bits per heavy atom. The van der Waals surface area contributed by atoms with Gasteiger partial charge < -0.3 is 10.3 Å². The molecule has 0 aliphatic heterocycles. The monoisotopic (exact) mass is 268 g/mol. The first-order valence-electron chi connectivity index (χ1n) is 6.95. The van der Waals surface area contributed by atoms with Crippen molar-refractivity contribution < 1.29 is 0 Å². The number of nitrogens with zero attached hydrogens (tertiary/aromatic N) is 3. The highest BCUT2D eigenvalue weighted by molar-refractivity contribution is 5.80. The quantitative estimate of drug-likeness (QED) is 0.789. The van der Waals surface area contributed by atoms with E-state index in [0.717, 1.165) is 18.7 Å². The van der Waals surface area contributed by atoms with E-state index < -0.39 is 0 Å². The molecule has 0 atom stereocenters. The summed E-state index contributed by atoms with van der Waals surface area (Å²) in [6, 6.07) is 10.9. The highest BCUT2D eigenvalue weighted by atomic mass is 15.3. The van der Waals surface area contributed by atoms with Crippen molar-refractivity contribution in [2.24, 2.45) is 12.8 Å². The number of hydrogen-bond acceptors (Lipinski definition) is 2. The van der Waals surface area contributed by atoms with Gasteiger partial charge in [0.2, 0.25) is 0 Å². The normalized spacial score (nSPS) is 11.3. The number of hydrogen-bond donors (Lipinski definition) is 1. The van der Waals surface area contributed by atoms with E-state index in [0.29, 0.717) is 6.54 Å². The van der Waals surface area contributed by atoms with Gasteiger partial charge in [0, 0.05) is 18.8 Å². The summed E-state index contributed by atoms with van der Waals surface area (Å²) in [5.74, 6) is 0. The summed E-state index contributed by atoms with van der Waals surface area (Å²) in [5, 5.41) is 5.67. The van der Waals surface area contributed by atoms with Crippen LogP contribution in [0.3, 0.4) is 0 Å². The maximum Gasteiger partial charge on any atom is 0.0645 e. The minimum atomic E-state index is 0.688. The minimum Gasteiger partial charge on any atom is -0.341 e. The summed E-state index contributed by atoms with van der Waals surface area (Å²) in [6.07, 6.45) is 3.06. The third-order valence-corrected chi connectivity index (χ3v) is 3.70. The van der Waals surface area contributed by atoms with Crippen molar-refractivity contribution in [2.45, 2.75) is 19.9 Å². The number of benzene rings is 1. The van der Waals surface area contributed by atoms with Gasteiger partial charge in [-0.15, -0.1) is 0 Å². The second-order valence-corrected chi connectivity index (χ2v) is 5.28. The number of rotatable bonds is 4. The molecular formula is C16H20N4. The molecule has 20 heavy (non-hydrogen) atoms. The van der Waals surface area contributed by atoms with Gasteiger partial charge in [-0.25, -0.2) is 0 Å². The lowest BCUT2D eigenvalue weighted by Crippen LogP contribution is -2.05. The second-order valence-electron chi connectivity index (χ2n) is 5.28. The standard InChI is InChI=1S/C16H20N4/c1-12-9-15(19(2)18-12)11-20-8-6-14-4-3-13(5-7-17)10-16(14)20/h3-4,6,8-10H,5,7,11,17H2,1-2H3. The van der Waals surface area contributed by atoms with Crippen LogP contribution in [-0.4, -0.2) is 20.9 Å². The predicted molar refractivity (Wildman–Crippen MR) is 81.7 cm³/mol. The van der Waals surface area contributed by atoms with E-state index in [2.05, 4.69) is 46.2 Å². The van der Waals surface area contributed by atoms with Gasteiger partial charge in [-0.3, -0.25) is 4.68 Å². The molecule has 2 aromatic heterocycles. The molecule has 0 bridgehead atoms. The summed E-state index contributed by atoms with van der Waals surface area (Å²) in [4.78, 5) is 0. The molecule has 0 saturated carbocycles. The first-order chi connectivity index (χ1) is 9.67. The van der Waals surface area contributed by atoms with Crippen LogP contribution in [0.4, 0.5) is 0 Å². The highest BCUT2D eigenvalue weighted by Gasteiger charge is 2.06. The second kappa shape index (κ2) is 5.13. The van der Waals surface area contributed by atoms with Gasteiger partial charge in [0.25, 0.3) is 0 Å². The minimum absolute atomic E-state index is 0.688. The first kappa shape index (κ1) is 12.9. The Labute approximate surface area is 118 Å². The van der Waals surface area contributed by atoms with Crippen molar-refractivity contribution in [3.05, 3.63) is 53.5 Å². The van der Waals surface area contributed by atoms with E-state index in [4.69, 9.17) is 5.73 Å². The van der Waals surface area contributed by atoms with Gasteiger partial charge in [-0.2, -0.15) is 5.10 Å². The first-order valence-corrected chi connectivity index (χ1v) is 6.95. The van der Waals surface area contributed by atoms with Crippen LogP contribution in [-0.2, 0) is 20.0 Å². The average molecular weight is 268 g/mol. The summed E-state index contributed by atoms with van der Waals surface area (Å²) >= 11 is 0. The number of nitrogens with two attached hydrogens (primary N) is 1. The molecule has 2 heterocycles. The average Bonchev–Trinajstić information content (AvgIpc) is 2.95. The van der Waals surface area contributed by atoms with Crippen molar-refractivity contribution in [3.8, 4) is 0 Å². The van der Waals surface area contributed by atoms with Gasteiger partial charge in [-0.1, -0.05) is 12.1 Å². The van der Waals surface area contributed by atoms with Gasteiger partial charge in [-0.05, 0) is 49.0 Å². The molecule has 3 rings (SSSR count). The van der Waals surface area contributed by atoms with Gasteiger partial charge >= 0.3 is 0 Å². The molecule has 2 N–H and O–H groups in total. The lowest BCUT2D eigenvalue weighted by atomic mass is 10.1. The van der Waals surface area contributed by atoms with Crippen molar-refractivity contribution in [1.29, 1.82) is 0 Å². The largest absolute Gasteiger partial charge is 0.341 e. The number of fused-ring (bicyclic) bond motifs is 1. The maximum absolute atomic E-state index is 5.65. The van der Waals surface area contributed by atoms with Crippen molar-refractivity contribution in [3.63, 3.8) is 0 Å². The van der Waals surface area contributed by atoms with Gasteiger partial charge in [0.1, 0.15) is 0 Å². The molecule has 0 unspecified atom stereocenters. The molecule has 1 aromatic carbocycles. The third kappa shape index (κ3) is 2.34. The zero-order valence-electron chi connectivity index (χ0n) is 12.0. The predicted octanol–water partition coefficient (Wildman–Crippen LogP) is 2.23. The van der Waals surface area contributed by atoms with E-state index in [1.165, 1.54) is 22.2 Å². The van der Waals surface area contributed by atoms with Crippen LogP contribution < -0.4 is 5.73 Å². The van der Waals surface area contributed by atoms with Crippen molar-refractivity contribution >= 4 is 10.9 Å². The summed E-state index contributed by atoms with van der Waals surface area (Å²) in [6.45, 7) is 3.55. The Morgan fingerprint density at radius 2 is 2.05 bits per heavy atom. The van der Waals surface area contributed by atoms with Crippen molar-refractivity contribution in [1.82, 2.24) is 14.3 Å². The fourth-order valence-electron chi connectivity index (χ4n) is 2.68. The van der Waals surface area contributed by atoms with Gasteiger partial charge in [0.15, 0.2) is 0 Å². The van der Waals surface area contributed by atoms with Crippen LogP contribution in [0.25, 0.3) is 10.9 Å². The SMILES string of the molecule is Cc1cc(Cn2ccc3ccc(CCN)cc32)n(C)n1. The lowest BCUT2D eigenvalue weighted by molar-refractivity contribution is 0.673. The van der Waals surface area contributed by atoms with Crippen LogP contribution in [0, 0.1) is 6.92 Å². The van der Waals surface area contributed by atoms with E-state index >= 15 is 0 Å². The Kier molecular flexibility index (Phi) is 3.32. The molecule has 0 spiro atoms.